The summed E-state index contributed by atoms with van der Waals surface area (Å²) in [6, 6.07) is 11.8. The predicted octanol–water partition coefficient (Wildman–Crippen LogP) is 2.63. The van der Waals surface area contributed by atoms with Crippen LogP contribution in [0, 0.1) is 0 Å². The Morgan fingerprint density at radius 3 is 2.96 bits per heavy atom. The monoisotopic (exact) mass is 376 g/mol. The third-order valence-electron chi connectivity index (χ3n) is 5.23. The lowest BCUT2D eigenvalue weighted by Gasteiger charge is -2.13. The summed E-state index contributed by atoms with van der Waals surface area (Å²) in [5.74, 6) is 1.40. The number of hydrogen-bond donors (Lipinski definition) is 1. The number of ether oxygens (including phenoxy) is 1. The summed E-state index contributed by atoms with van der Waals surface area (Å²) in [6.45, 7) is 2.04. The highest BCUT2D eigenvalue weighted by Crippen LogP contribution is 2.31. The highest BCUT2D eigenvalue weighted by atomic mass is 16.5. The summed E-state index contributed by atoms with van der Waals surface area (Å²) in [7, 11) is 1.81. The van der Waals surface area contributed by atoms with Gasteiger partial charge < -0.3 is 19.5 Å². The van der Waals surface area contributed by atoms with Crippen molar-refractivity contribution in [1.82, 2.24) is 24.6 Å². The molecule has 0 bridgehead atoms. The maximum Gasteiger partial charge on any atom is 0.256 e. The molecule has 2 aliphatic heterocycles. The van der Waals surface area contributed by atoms with Crippen LogP contribution >= 0.6 is 0 Å². The number of pyridine rings is 1. The first-order valence-corrected chi connectivity index (χ1v) is 9.30. The first kappa shape index (κ1) is 16.9. The lowest BCUT2D eigenvalue weighted by Crippen LogP contribution is -2.18. The fourth-order valence-electron chi connectivity index (χ4n) is 3.81. The van der Waals surface area contributed by atoms with E-state index in [0.29, 0.717) is 30.4 Å². The molecule has 28 heavy (non-hydrogen) atoms. The summed E-state index contributed by atoms with van der Waals surface area (Å²) in [5, 5.41) is 11.6. The Hall–Kier alpha value is -3.26. The molecule has 2 aliphatic rings. The van der Waals surface area contributed by atoms with Crippen molar-refractivity contribution in [2.75, 3.05) is 25.6 Å². The van der Waals surface area contributed by atoms with Crippen molar-refractivity contribution >= 4 is 17.4 Å². The van der Waals surface area contributed by atoms with Gasteiger partial charge in [0.1, 0.15) is 17.8 Å². The molecule has 8 heteroatoms. The summed E-state index contributed by atoms with van der Waals surface area (Å²) in [4.78, 5) is 18.9. The van der Waals surface area contributed by atoms with Gasteiger partial charge in [0.15, 0.2) is 5.82 Å². The average Bonchev–Trinajstić information content (AvgIpc) is 3.43. The standard InChI is InChI=1S/C20H20N6O2/c1-25-10-13-4-2-5-15(18(13)20(25)27)22-17-7-3-6-16(23-17)19-24-21-12-26(19)14-8-9-28-11-14/h2-7,12,14H,8-11H2,1H3,(H,22,23). The average molecular weight is 376 g/mol. The number of nitrogens with zero attached hydrogens (tertiary/aromatic N) is 5. The minimum absolute atomic E-state index is 0.0234. The van der Waals surface area contributed by atoms with Crippen LogP contribution in [0.1, 0.15) is 28.4 Å². The fraction of sp³-hybridized carbons (Fsp3) is 0.300. The van der Waals surface area contributed by atoms with Crippen molar-refractivity contribution < 1.29 is 9.53 Å². The molecular formula is C20H20N6O2. The van der Waals surface area contributed by atoms with Crippen LogP contribution in [0.3, 0.4) is 0 Å². The summed E-state index contributed by atoms with van der Waals surface area (Å²) in [6.07, 6.45) is 2.67. The zero-order chi connectivity index (χ0) is 19.1. The van der Waals surface area contributed by atoms with E-state index >= 15 is 0 Å². The summed E-state index contributed by atoms with van der Waals surface area (Å²) < 4.78 is 7.52. The van der Waals surface area contributed by atoms with Crippen LogP contribution in [0.15, 0.2) is 42.7 Å². The van der Waals surface area contributed by atoms with Crippen LogP contribution < -0.4 is 5.32 Å². The highest BCUT2D eigenvalue weighted by Gasteiger charge is 2.27. The Labute approximate surface area is 162 Å². The third-order valence-corrected chi connectivity index (χ3v) is 5.23. The molecular weight excluding hydrogens is 356 g/mol. The van der Waals surface area contributed by atoms with Crippen LogP contribution in [-0.2, 0) is 11.3 Å². The minimum Gasteiger partial charge on any atom is -0.379 e. The van der Waals surface area contributed by atoms with E-state index in [1.54, 1.807) is 11.2 Å². The van der Waals surface area contributed by atoms with Gasteiger partial charge in [0, 0.05) is 20.2 Å². The van der Waals surface area contributed by atoms with Crippen LogP contribution in [0.4, 0.5) is 11.5 Å². The minimum atomic E-state index is 0.0234. The van der Waals surface area contributed by atoms with Gasteiger partial charge >= 0.3 is 0 Å². The molecule has 0 aliphatic carbocycles. The Kier molecular flexibility index (Phi) is 4.05. The van der Waals surface area contributed by atoms with Crippen molar-refractivity contribution in [1.29, 1.82) is 0 Å². The van der Waals surface area contributed by atoms with E-state index in [2.05, 4.69) is 15.5 Å². The molecule has 0 saturated carbocycles. The number of hydrogen-bond acceptors (Lipinski definition) is 6. The number of amides is 1. The van der Waals surface area contributed by atoms with Crippen molar-refractivity contribution in [2.45, 2.75) is 19.0 Å². The van der Waals surface area contributed by atoms with E-state index in [9.17, 15) is 4.79 Å². The topological polar surface area (TPSA) is 85.2 Å². The predicted molar refractivity (Wildman–Crippen MR) is 103 cm³/mol. The molecule has 1 fully saturated rings. The molecule has 1 unspecified atom stereocenters. The molecule has 8 nitrogen and oxygen atoms in total. The largest absolute Gasteiger partial charge is 0.379 e. The smallest absolute Gasteiger partial charge is 0.256 e. The number of anilines is 2. The zero-order valence-electron chi connectivity index (χ0n) is 15.5. The molecule has 5 rings (SSSR count). The van der Waals surface area contributed by atoms with Gasteiger partial charge in [0.25, 0.3) is 5.91 Å². The maximum atomic E-state index is 12.5. The van der Waals surface area contributed by atoms with E-state index in [0.717, 1.165) is 30.0 Å². The third kappa shape index (κ3) is 2.82. The molecule has 4 heterocycles. The van der Waals surface area contributed by atoms with Gasteiger partial charge in [-0.3, -0.25) is 4.79 Å². The molecule has 0 radical (unpaired) electrons. The SMILES string of the molecule is CN1Cc2cccc(Nc3cccc(-c4nncn4C4CCOC4)n3)c2C1=O. The Morgan fingerprint density at radius 1 is 1.21 bits per heavy atom. The van der Waals surface area contributed by atoms with Gasteiger partial charge in [-0.05, 0) is 30.2 Å². The number of nitrogens with one attached hydrogen (secondary N) is 1. The van der Waals surface area contributed by atoms with E-state index < -0.39 is 0 Å². The molecule has 1 aromatic carbocycles. The first-order valence-electron chi connectivity index (χ1n) is 9.30. The lowest BCUT2D eigenvalue weighted by molar-refractivity contribution is 0.0817. The number of carbonyl (C=O) groups is 1. The van der Waals surface area contributed by atoms with Gasteiger partial charge in [-0.1, -0.05) is 18.2 Å². The lowest BCUT2D eigenvalue weighted by atomic mass is 10.1. The molecule has 3 aromatic rings. The van der Waals surface area contributed by atoms with Gasteiger partial charge in [-0.25, -0.2) is 4.98 Å². The number of rotatable bonds is 4. The van der Waals surface area contributed by atoms with E-state index in [1.165, 1.54) is 0 Å². The number of benzene rings is 1. The summed E-state index contributed by atoms with van der Waals surface area (Å²) >= 11 is 0. The maximum absolute atomic E-state index is 12.5. The van der Waals surface area contributed by atoms with E-state index in [-0.39, 0.29) is 11.9 Å². The van der Waals surface area contributed by atoms with Gasteiger partial charge in [0.05, 0.1) is 23.9 Å². The van der Waals surface area contributed by atoms with E-state index in [1.807, 2.05) is 48.0 Å². The van der Waals surface area contributed by atoms with Crippen LogP contribution in [0.25, 0.3) is 11.5 Å². The molecule has 1 saturated heterocycles. The fourth-order valence-corrected chi connectivity index (χ4v) is 3.81. The first-order chi connectivity index (χ1) is 13.7. The molecule has 2 aromatic heterocycles. The number of carbonyl (C=O) groups excluding carboxylic acids is 1. The molecule has 0 spiro atoms. The van der Waals surface area contributed by atoms with Crippen molar-refractivity contribution in [3.63, 3.8) is 0 Å². The van der Waals surface area contributed by atoms with Gasteiger partial charge in [-0.2, -0.15) is 0 Å². The second kappa shape index (κ2) is 6.72. The quantitative estimate of drug-likeness (QED) is 0.753. The Morgan fingerprint density at radius 2 is 2.11 bits per heavy atom. The van der Waals surface area contributed by atoms with Crippen LogP contribution in [0.5, 0.6) is 0 Å². The Bertz CT molecular complexity index is 1040. The van der Waals surface area contributed by atoms with Crippen molar-refractivity contribution in [2.24, 2.45) is 0 Å². The van der Waals surface area contributed by atoms with Gasteiger partial charge in [0.2, 0.25) is 0 Å². The van der Waals surface area contributed by atoms with E-state index in [4.69, 9.17) is 9.72 Å². The number of aromatic nitrogens is 4. The molecule has 1 N–H and O–H groups in total. The van der Waals surface area contributed by atoms with Gasteiger partial charge in [-0.15, -0.1) is 10.2 Å². The van der Waals surface area contributed by atoms with Crippen LogP contribution in [0.2, 0.25) is 0 Å². The van der Waals surface area contributed by atoms with Crippen molar-refractivity contribution in [3.8, 4) is 11.5 Å². The van der Waals surface area contributed by atoms with Crippen molar-refractivity contribution in [3.05, 3.63) is 53.9 Å². The second-order valence-corrected chi connectivity index (χ2v) is 7.11. The number of fused-ring (bicyclic) bond motifs is 1. The molecule has 1 atom stereocenters. The molecule has 1 amide bonds. The normalized spacial score (nSPS) is 18.5. The molecule has 142 valence electrons. The highest BCUT2D eigenvalue weighted by molar-refractivity contribution is 6.03. The Balaban J connectivity index is 1.47. The van der Waals surface area contributed by atoms with Crippen LogP contribution in [-0.4, -0.2) is 50.8 Å². The second-order valence-electron chi connectivity index (χ2n) is 7.11. The zero-order valence-corrected chi connectivity index (χ0v) is 15.5. The summed E-state index contributed by atoms with van der Waals surface area (Å²) in [5.41, 5.74) is 3.23.